The number of carbonyl (C=O) groups is 1. The predicted octanol–water partition coefficient (Wildman–Crippen LogP) is 3.59. The molecule has 0 radical (unpaired) electrons. The van der Waals surface area contributed by atoms with Gasteiger partial charge in [-0.05, 0) is 17.2 Å². The van der Waals surface area contributed by atoms with Crippen molar-refractivity contribution < 1.29 is 4.79 Å². The number of aromatic nitrogens is 2. The maximum absolute atomic E-state index is 11.1. The maximum Gasteiger partial charge on any atom is 0.216 e. The number of hydrogen-bond donors (Lipinski definition) is 3. The Kier molecular flexibility index (Phi) is 6.97. The maximum atomic E-state index is 11.1. The fourth-order valence-corrected chi connectivity index (χ4v) is 3.55. The molecule has 2 heterocycles. The first-order valence-corrected chi connectivity index (χ1v) is 10.8. The van der Waals surface area contributed by atoms with Gasteiger partial charge in [0.2, 0.25) is 5.91 Å². The molecule has 7 heteroatoms. The average molecular weight is 429 g/mol. The molecule has 1 aliphatic heterocycles. The quantitative estimate of drug-likeness (QED) is 0.452. The van der Waals surface area contributed by atoms with Gasteiger partial charge in [-0.2, -0.15) is 0 Å². The molecule has 0 fully saturated rings. The van der Waals surface area contributed by atoms with Gasteiger partial charge in [-0.3, -0.25) is 4.79 Å². The van der Waals surface area contributed by atoms with Crippen LogP contribution >= 0.6 is 0 Å². The van der Waals surface area contributed by atoms with Crippen LogP contribution in [0.1, 0.15) is 18.1 Å². The molecule has 0 atom stereocenters. The summed E-state index contributed by atoms with van der Waals surface area (Å²) < 4.78 is 0. The van der Waals surface area contributed by atoms with Gasteiger partial charge in [0.25, 0.3) is 0 Å². The highest BCUT2D eigenvalue weighted by molar-refractivity contribution is 5.72. The highest BCUT2D eigenvalue weighted by Gasteiger charge is 2.10. The Bertz CT molecular complexity index is 1080. The van der Waals surface area contributed by atoms with E-state index < -0.39 is 0 Å². The van der Waals surface area contributed by atoms with E-state index >= 15 is 0 Å². The third kappa shape index (κ3) is 5.85. The van der Waals surface area contributed by atoms with E-state index in [1.165, 1.54) is 18.1 Å². The lowest BCUT2D eigenvalue weighted by atomic mass is 10.0. The summed E-state index contributed by atoms with van der Waals surface area (Å²) >= 11 is 0. The van der Waals surface area contributed by atoms with Gasteiger partial charge in [0.1, 0.15) is 11.6 Å². The number of carbonyl (C=O) groups excluding carboxylic acids is 1. The van der Waals surface area contributed by atoms with Crippen LogP contribution in [0.2, 0.25) is 0 Å². The molecule has 164 valence electrons. The molecule has 2 aromatic carbocycles. The van der Waals surface area contributed by atoms with Crippen LogP contribution in [0.4, 0.5) is 11.6 Å². The standard InChI is InChI=1S/C25H28N6O/c1-19(32)26-12-13-27-23-17-24(30-25(29-23)21-8-3-2-4-9-21)28-14-16-31-15-11-20-7-5-6-10-22(20)18-31/h2-11,15,17H,12-14,16,18H2,1H3,(H,26,32)(H2,27,28,29,30). The smallest absolute Gasteiger partial charge is 0.216 e. The molecule has 0 spiro atoms. The minimum Gasteiger partial charge on any atom is -0.371 e. The van der Waals surface area contributed by atoms with E-state index in [1.54, 1.807) is 0 Å². The minimum atomic E-state index is -0.0452. The van der Waals surface area contributed by atoms with Crippen LogP contribution in [-0.2, 0) is 11.3 Å². The molecular weight excluding hydrogens is 400 g/mol. The lowest BCUT2D eigenvalue weighted by Gasteiger charge is -2.25. The zero-order chi connectivity index (χ0) is 22.2. The lowest BCUT2D eigenvalue weighted by Crippen LogP contribution is -2.27. The first-order chi connectivity index (χ1) is 15.7. The van der Waals surface area contributed by atoms with E-state index in [9.17, 15) is 4.79 Å². The summed E-state index contributed by atoms with van der Waals surface area (Å²) in [6.07, 6.45) is 4.31. The summed E-state index contributed by atoms with van der Waals surface area (Å²) in [6, 6.07) is 20.3. The van der Waals surface area contributed by atoms with Crippen molar-refractivity contribution in [1.82, 2.24) is 20.2 Å². The van der Waals surface area contributed by atoms with Gasteiger partial charge in [0, 0.05) is 57.5 Å². The molecule has 0 saturated carbocycles. The SMILES string of the molecule is CC(=O)NCCNc1cc(NCCN2C=Cc3ccccc3C2)nc(-c2ccccc2)n1. The van der Waals surface area contributed by atoms with Gasteiger partial charge in [-0.25, -0.2) is 9.97 Å². The number of amides is 1. The Morgan fingerprint density at radius 1 is 0.938 bits per heavy atom. The Labute approximate surface area is 188 Å². The fraction of sp³-hybridized carbons (Fsp3) is 0.240. The molecule has 0 unspecified atom stereocenters. The van der Waals surface area contributed by atoms with E-state index in [-0.39, 0.29) is 5.91 Å². The average Bonchev–Trinajstić information content (AvgIpc) is 2.82. The summed E-state index contributed by atoms with van der Waals surface area (Å²) in [5, 5.41) is 9.49. The zero-order valence-electron chi connectivity index (χ0n) is 18.2. The van der Waals surface area contributed by atoms with Gasteiger partial charge in [-0.15, -0.1) is 0 Å². The largest absolute Gasteiger partial charge is 0.371 e. The third-order valence-electron chi connectivity index (χ3n) is 5.16. The Morgan fingerprint density at radius 2 is 1.66 bits per heavy atom. The van der Waals surface area contributed by atoms with E-state index in [2.05, 4.69) is 62.4 Å². The van der Waals surface area contributed by atoms with Crippen molar-refractivity contribution in [2.24, 2.45) is 0 Å². The normalized spacial score (nSPS) is 12.2. The number of nitrogens with zero attached hydrogens (tertiary/aromatic N) is 3. The lowest BCUT2D eigenvalue weighted by molar-refractivity contribution is -0.118. The van der Waals surface area contributed by atoms with E-state index in [1.807, 2.05) is 36.4 Å². The highest BCUT2D eigenvalue weighted by Crippen LogP contribution is 2.21. The number of hydrogen-bond acceptors (Lipinski definition) is 6. The topological polar surface area (TPSA) is 82.2 Å². The number of rotatable bonds is 9. The van der Waals surface area contributed by atoms with Gasteiger partial charge in [0.15, 0.2) is 5.82 Å². The Morgan fingerprint density at radius 3 is 2.44 bits per heavy atom. The molecule has 1 aromatic heterocycles. The molecule has 0 bridgehead atoms. The summed E-state index contributed by atoms with van der Waals surface area (Å²) in [5.74, 6) is 2.10. The fourth-order valence-electron chi connectivity index (χ4n) is 3.55. The molecule has 3 aromatic rings. The van der Waals surface area contributed by atoms with Crippen LogP contribution in [0.5, 0.6) is 0 Å². The van der Waals surface area contributed by atoms with Crippen LogP contribution in [0, 0.1) is 0 Å². The molecule has 3 N–H and O–H groups in total. The molecule has 7 nitrogen and oxygen atoms in total. The van der Waals surface area contributed by atoms with E-state index in [4.69, 9.17) is 4.98 Å². The minimum absolute atomic E-state index is 0.0452. The van der Waals surface area contributed by atoms with Gasteiger partial charge >= 0.3 is 0 Å². The van der Waals surface area contributed by atoms with Crippen molar-refractivity contribution in [3.63, 3.8) is 0 Å². The highest BCUT2D eigenvalue weighted by atomic mass is 16.1. The second-order valence-electron chi connectivity index (χ2n) is 7.65. The molecule has 0 aliphatic carbocycles. The van der Waals surface area contributed by atoms with Crippen LogP contribution < -0.4 is 16.0 Å². The van der Waals surface area contributed by atoms with Crippen molar-refractivity contribution >= 4 is 23.6 Å². The first-order valence-electron chi connectivity index (χ1n) is 10.8. The first kappa shape index (κ1) is 21.4. The van der Waals surface area contributed by atoms with Crippen molar-refractivity contribution in [3.8, 4) is 11.4 Å². The number of benzene rings is 2. The third-order valence-corrected chi connectivity index (χ3v) is 5.16. The molecule has 32 heavy (non-hydrogen) atoms. The van der Waals surface area contributed by atoms with Crippen molar-refractivity contribution in [2.75, 3.05) is 36.8 Å². The second kappa shape index (κ2) is 10.4. The summed E-state index contributed by atoms with van der Waals surface area (Å²) in [7, 11) is 0. The predicted molar refractivity (Wildman–Crippen MR) is 129 cm³/mol. The molecule has 1 aliphatic rings. The van der Waals surface area contributed by atoms with Crippen LogP contribution in [0.3, 0.4) is 0 Å². The summed E-state index contributed by atoms with van der Waals surface area (Å²) in [5.41, 5.74) is 3.58. The van der Waals surface area contributed by atoms with Gasteiger partial charge in [-0.1, -0.05) is 54.6 Å². The van der Waals surface area contributed by atoms with E-state index in [0.717, 1.165) is 36.8 Å². The monoisotopic (exact) mass is 428 g/mol. The van der Waals surface area contributed by atoms with Crippen molar-refractivity contribution in [3.05, 3.63) is 78.0 Å². The van der Waals surface area contributed by atoms with Crippen LogP contribution in [0.15, 0.2) is 66.9 Å². The molecule has 4 rings (SSSR count). The van der Waals surface area contributed by atoms with Gasteiger partial charge in [0.05, 0.1) is 0 Å². The molecular formula is C25H28N6O. The zero-order valence-corrected chi connectivity index (χ0v) is 18.2. The number of fused-ring (bicyclic) bond motifs is 1. The Hall–Kier alpha value is -3.87. The summed E-state index contributed by atoms with van der Waals surface area (Å²) in [4.78, 5) is 22.7. The number of anilines is 2. The second-order valence-corrected chi connectivity index (χ2v) is 7.65. The molecule has 0 saturated heterocycles. The van der Waals surface area contributed by atoms with Gasteiger partial charge < -0.3 is 20.9 Å². The van der Waals surface area contributed by atoms with E-state index in [0.29, 0.717) is 18.9 Å². The van der Waals surface area contributed by atoms with Crippen molar-refractivity contribution in [2.45, 2.75) is 13.5 Å². The Balaban J connectivity index is 1.40. The van der Waals surface area contributed by atoms with Crippen LogP contribution in [0.25, 0.3) is 17.5 Å². The molecule has 1 amide bonds. The summed E-state index contributed by atoms with van der Waals surface area (Å²) in [6.45, 7) is 5.15. The number of nitrogens with one attached hydrogen (secondary N) is 3. The van der Waals surface area contributed by atoms with Crippen LogP contribution in [-0.4, -0.2) is 47.0 Å². The van der Waals surface area contributed by atoms with Crippen molar-refractivity contribution in [1.29, 1.82) is 0 Å².